The van der Waals surface area contributed by atoms with E-state index in [1.807, 2.05) is 30.9 Å². The summed E-state index contributed by atoms with van der Waals surface area (Å²) in [6.45, 7) is 6.99. The molecule has 1 aliphatic heterocycles. The van der Waals surface area contributed by atoms with E-state index in [1.165, 1.54) is 31.1 Å². The van der Waals surface area contributed by atoms with E-state index < -0.39 is 22.8 Å². The number of aliphatic hydroxyl groups is 1. The van der Waals surface area contributed by atoms with Crippen LogP contribution in [0.4, 0.5) is 13.2 Å². The first-order valence-corrected chi connectivity index (χ1v) is 14.8. The Morgan fingerprint density at radius 2 is 1.88 bits per heavy atom. The second-order valence-corrected chi connectivity index (χ2v) is 12.8. The lowest BCUT2D eigenvalue weighted by Crippen LogP contribution is -2.67. The van der Waals surface area contributed by atoms with Crippen molar-refractivity contribution in [2.45, 2.75) is 75.6 Å². The zero-order valence-corrected chi connectivity index (χ0v) is 23.9. The van der Waals surface area contributed by atoms with Gasteiger partial charge in [-0.15, -0.1) is 0 Å². The molecule has 0 spiro atoms. The van der Waals surface area contributed by atoms with E-state index in [4.69, 9.17) is 0 Å². The van der Waals surface area contributed by atoms with Gasteiger partial charge in [0.15, 0.2) is 0 Å². The van der Waals surface area contributed by atoms with Crippen LogP contribution in [0.2, 0.25) is 0 Å². The molecule has 3 atom stereocenters. The number of phenolic OH excluding ortho intramolecular Hbond substituents is 1. The summed E-state index contributed by atoms with van der Waals surface area (Å²) in [5.41, 5.74) is -1.17. The minimum absolute atomic E-state index is 0.154. The van der Waals surface area contributed by atoms with E-state index in [-0.39, 0.29) is 23.6 Å². The van der Waals surface area contributed by atoms with E-state index in [0.717, 1.165) is 37.2 Å². The Morgan fingerprint density at radius 3 is 2.56 bits per heavy atom. The third-order valence-corrected chi connectivity index (χ3v) is 9.24. The molecule has 0 aromatic heterocycles. The fourth-order valence-electron chi connectivity index (χ4n) is 7.02. The van der Waals surface area contributed by atoms with Crippen LogP contribution in [0.15, 0.2) is 54.6 Å². The van der Waals surface area contributed by atoms with Crippen LogP contribution < -0.4 is 0 Å². The van der Waals surface area contributed by atoms with Crippen molar-refractivity contribution in [3.8, 4) is 5.75 Å². The summed E-state index contributed by atoms with van der Waals surface area (Å²) in [6, 6.07) is 12.0. The third-order valence-electron chi connectivity index (χ3n) is 9.24. The second kappa shape index (κ2) is 11.4. The highest BCUT2D eigenvalue weighted by molar-refractivity contribution is 5.92. The molecule has 1 amide bonds. The predicted octanol–water partition coefficient (Wildman–Crippen LogP) is 6.25. The Bertz CT molecular complexity index is 1270. The van der Waals surface area contributed by atoms with Crippen LogP contribution in [0.25, 0.3) is 6.08 Å². The molecule has 2 aliphatic carbocycles. The van der Waals surface area contributed by atoms with Crippen LogP contribution in [0, 0.1) is 11.8 Å². The van der Waals surface area contributed by atoms with Crippen LogP contribution in [0.1, 0.15) is 69.1 Å². The Kier molecular flexibility index (Phi) is 8.27. The van der Waals surface area contributed by atoms with Gasteiger partial charge in [-0.25, -0.2) is 0 Å². The third kappa shape index (κ3) is 6.49. The van der Waals surface area contributed by atoms with Gasteiger partial charge in [-0.3, -0.25) is 4.79 Å². The SMILES string of the molecule is CC(C)CN(C(=O)/C=C/c1cccc(C(F)(F)F)c1)[C@H]1CC[C@@]2(O)CN(CC3CC3)CC[C@]2(c2cccc(O)c2)C1. The van der Waals surface area contributed by atoms with Crippen molar-refractivity contribution in [1.82, 2.24) is 9.80 Å². The van der Waals surface area contributed by atoms with Gasteiger partial charge in [0.1, 0.15) is 5.75 Å². The van der Waals surface area contributed by atoms with E-state index in [1.54, 1.807) is 18.2 Å². The first-order chi connectivity index (χ1) is 19.4. The molecule has 0 radical (unpaired) electrons. The number of carbonyl (C=O) groups excluding carboxylic acids is 1. The fourth-order valence-corrected chi connectivity index (χ4v) is 7.02. The van der Waals surface area contributed by atoms with Gasteiger partial charge < -0.3 is 20.0 Å². The predicted molar refractivity (Wildman–Crippen MR) is 153 cm³/mol. The molecular weight excluding hydrogens is 529 g/mol. The summed E-state index contributed by atoms with van der Waals surface area (Å²) in [5, 5.41) is 22.7. The molecule has 5 rings (SSSR count). The lowest BCUT2D eigenvalue weighted by molar-refractivity contribution is -0.147. The minimum atomic E-state index is -4.45. The van der Waals surface area contributed by atoms with Crippen molar-refractivity contribution in [3.05, 3.63) is 71.3 Å². The molecule has 3 aliphatic rings. The van der Waals surface area contributed by atoms with Crippen LogP contribution in [-0.2, 0) is 16.4 Å². The van der Waals surface area contributed by atoms with Gasteiger partial charge in [-0.1, -0.05) is 38.1 Å². The van der Waals surface area contributed by atoms with E-state index in [2.05, 4.69) is 4.90 Å². The maximum absolute atomic E-state index is 13.7. The van der Waals surface area contributed by atoms with Gasteiger partial charge in [-0.05, 0) is 98.4 Å². The summed E-state index contributed by atoms with van der Waals surface area (Å²) in [7, 11) is 0. The number of fused-ring (bicyclic) bond motifs is 1. The maximum atomic E-state index is 13.7. The molecule has 2 aromatic carbocycles. The number of aromatic hydroxyl groups is 1. The number of carbonyl (C=O) groups is 1. The van der Waals surface area contributed by atoms with E-state index in [9.17, 15) is 28.2 Å². The molecule has 2 aromatic rings. The largest absolute Gasteiger partial charge is 0.508 e. The van der Waals surface area contributed by atoms with Crippen molar-refractivity contribution in [2.24, 2.45) is 11.8 Å². The second-order valence-electron chi connectivity index (χ2n) is 12.8. The van der Waals surface area contributed by atoms with E-state index in [0.29, 0.717) is 43.8 Å². The number of phenols is 1. The smallest absolute Gasteiger partial charge is 0.416 e. The highest BCUT2D eigenvalue weighted by atomic mass is 19.4. The first kappa shape index (κ1) is 29.6. The fraction of sp³-hybridized carbons (Fsp3) is 0.545. The molecule has 5 nitrogen and oxygen atoms in total. The number of nitrogens with zero attached hydrogens (tertiary/aromatic N) is 2. The molecule has 3 fully saturated rings. The number of hydrogen-bond donors (Lipinski definition) is 2. The number of halogens is 3. The number of likely N-dealkylation sites (tertiary alicyclic amines) is 1. The summed E-state index contributed by atoms with van der Waals surface area (Å²) in [6.07, 6.45) is 3.29. The summed E-state index contributed by atoms with van der Waals surface area (Å²) in [5.74, 6) is 0.800. The van der Waals surface area contributed by atoms with Crippen molar-refractivity contribution < 1.29 is 28.2 Å². The van der Waals surface area contributed by atoms with Gasteiger partial charge in [0, 0.05) is 37.2 Å². The normalized spacial score (nSPS) is 27.2. The zero-order valence-electron chi connectivity index (χ0n) is 23.9. The van der Waals surface area contributed by atoms with Gasteiger partial charge in [-0.2, -0.15) is 13.2 Å². The van der Waals surface area contributed by atoms with Crippen LogP contribution in [-0.4, -0.2) is 63.7 Å². The number of piperidine rings is 1. The molecule has 2 saturated carbocycles. The summed E-state index contributed by atoms with van der Waals surface area (Å²) < 4.78 is 39.6. The number of benzene rings is 2. The monoisotopic (exact) mass is 570 g/mol. The Balaban J connectivity index is 1.43. The molecule has 0 unspecified atom stereocenters. The Morgan fingerprint density at radius 1 is 1.12 bits per heavy atom. The molecule has 41 heavy (non-hydrogen) atoms. The average Bonchev–Trinajstić information content (AvgIpc) is 3.73. The van der Waals surface area contributed by atoms with Gasteiger partial charge in [0.25, 0.3) is 0 Å². The lowest BCUT2D eigenvalue weighted by atomic mass is 9.55. The Labute approximate surface area is 240 Å². The van der Waals surface area contributed by atoms with E-state index >= 15 is 0 Å². The maximum Gasteiger partial charge on any atom is 0.416 e. The molecule has 8 heteroatoms. The van der Waals surface area contributed by atoms with Crippen LogP contribution >= 0.6 is 0 Å². The molecular formula is C33H41F3N2O3. The molecule has 1 heterocycles. The number of β-amino-alcohol motifs (C(OH)–C–C–N with tert-alkyl or cyclic N) is 1. The molecule has 222 valence electrons. The van der Waals surface area contributed by atoms with Crippen molar-refractivity contribution in [1.29, 1.82) is 0 Å². The highest BCUT2D eigenvalue weighted by Crippen LogP contribution is 2.53. The minimum Gasteiger partial charge on any atom is -0.508 e. The van der Waals surface area contributed by atoms with Gasteiger partial charge in [0.2, 0.25) is 5.91 Å². The van der Waals surface area contributed by atoms with Gasteiger partial charge in [0.05, 0.1) is 11.2 Å². The molecule has 0 bridgehead atoms. The highest BCUT2D eigenvalue weighted by Gasteiger charge is 2.58. The number of amides is 1. The molecule has 1 saturated heterocycles. The van der Waals surface area contributed by atoms with Crippen LogP contribution in [0.5, 0.6) is 5.75 Å². The summed E-state index contributed by atoms with van der Waals surface area (Å²) in [4.78, 5) is 17.9. The van der Waals surface area contributed by atoms with Gasteiger partial charge >= 0.3 is 6.18 Å². The molecule has 2 N–H and O–H groups in total. The lowest BCUT2D eigenvalue weighted by Gasteiger charge is -2.59. The Hall–Kier alpha value is -2.84. The number of alkyl halides is 3. The summed E-state index contributed by atoms with van der Waals surface area (Å²) >= 11 is 0. The number of hydrogen-bond acceptors (Lipinski definition) is 4. The zero-order chi connectivity index (χ0) is 29.4. The number of rotatable bonds is 8. The van der Waals surface area contributed by atoms with Crippen molar-refractivity contribution >= 4 is 12.0 Å². The first-order valence-electron chi connectivity index (χ1n) is 14.8. The topological polar surface area (TPSA) is 64.0 Å². The standard InChI is InChI=1S/C33H41F3N2O3/c1-23(2)20-38(30(40)12-11-24-5-3-7-27(17-24)33(34,35)36)28-13-14-32(41)22-37(21-25-9-10-25)16-15-31(32,19-28)26-6-4-8-29(39)18-26/h3-8,11-12,17-18,23,25,28,39,41H,9-10,13-16,19-22H2,1-2H3/b12-11+/t28-,31+,32+/m0/s1. The van der Waals surface area contributed by atoms with Crippen molar-refractivity contribution in [3.63, 3.8) is 0 Å². The van der Waals surface area contributed by atoms with Crippen molar-refractivity contribution in [2.75, 3.05) is 26.2 Å². The average molecular weight is 571 g/mol. The quantitative estimate of drug-likeness (QED) is 0.369. The van der Waals surface area contributed by atoms with Crippen LogP contribution in [0.3, 0.4) is 0 Å².